The zero-order valence-corrected chi connectivity index (χ0v) is 11.5. The molecule has 0 unspecified atom stereocenters. The Kier molecular flexibility index (Phi) is 3.96. The molecule has 20 heavy (non-hydrogen) atoms. The lowest BCUT2D eigenvalue weighted by Crippen LogP contribution is -2.06. The molecule has 2 rings (SSSR count). The maximum Gasteiger partial charge on any atom is 0.339 e. The van der Waals surface area contributed by atoms with Crippen molar-refractivity contribution in [3.8, 4) is 6.07 Å². The summed E-state index contributed by atoms with van der Waals surface area (Å²) in [6, 6.07) is 7.69. The molecule has 100 valence electrons. The standard InChI is InChI=1S/C13H7BrFN3O2/c14-8-2-1-7(5-16)11(3-8)18-12-10(13(19)20)4-9(15)6-17-12/h1-4,6H,(H,17,18)(H,19,20). The first-order valence-corrected chi connectivity index (χ1v) is 6.16. The monoisotopic (exact) mass is 335 g/mol. The number of benzene rings is 1. The van der Waals surface area contributed by atoms with Crippen LogP contribution in [0.5, 0.6) is 0 Å². The predicted octanol–water partition coefficient (Wildman–Crippen LogP) is 3.30. The summed E-state index contributed by atoms with van der Waals surface area (Å²) in [5.41, 5.74) is 0.382. The molecule has 1 heterocycles. The molecule has 0 bridgehead atoms. The van der Waals surface area contributed by atoms with Crippen molar-refractivity contribution in [3.63, 3.8) is 0 Å². The number of aromatic nitrogens is 1. The Hall–Kier alpha value is -2.46. The van der Waals surface area contributed by atoms with Crippen LogP contribution in [0.3, 0.4) is 0 Å². The smallest absolute Gasteiger partial charge is 0.339 e. The van der Waals surface area contributed by atoms with Crippen LogP contribution in [-0.2, 0) is 0 Å². The van der Waals surface area contributed by atoms with E-state index in [-0.39, 0.29) is 11.4 Å². The largest absolute Gasteiger partial charge is 0.478 e. The molecule has 2 aromatic rings. The number of anilines is 2. The lowest BCUT2D eigenvalue weighted by molar-refractivity contribution is 0.0697. The number of hydrogen-bond acceptors (Lipinski definition) is 4. The number of halogens is 2. The number of nitrogens with one attached hydrogen (secondary N) is 1. The van der Waals surface area contributed by atoms with Gasteiger partial charge in [0.25, 0.3) is 0 Å². The molecule has 0 spiro atoms. The number of hydrogen-bond donors (Lipinski definition) is 2. The Balaban J connectivity index is 2.48. The SMILES string of the molecule is N#Cc1ccc(Br)cc1Nc1ncc(F)cc1C(=O)O. The molecule has 0 radical (unpaired) electrons. The minimum Gasteiger partial charge on any atom is -0.478 e. The van der Waals surface area contributed by atoms with Crippen molar-refractivity contribution in [1.29, 1.82) is 5.26 Å². The molecule has 0 amide bonds. The highest BCUT2D eigenvalue weighted by Crippen LogP contribution is 2.25. The summed E-state index contributed by atoms with van der Waals surface area (Å²) < 4.78 is 13.7. The van der Waals surface area contributed by atoms with Gasteiger partial charge in [-0.2, -0.15) is 5.26 Å². The van der Waals surface area contributed by atoms with Crippen molar-refractivity contribution in [2.75, 3.05) is 5.32 Å². The molecule has 0 saturated carbocycles. The third-order valence-corrected chi connectivity index (χ3v) is 2.93. The molecular weight excluding hydrogens is 329 g/mol. The third-order valence-electron chi connectivity index (χ3n) is 2.44. The van der Waals surface area contributed by atoms with Gasteiger partial charge in [0.2, 0.25) is 0 Å². The van der Waals surface area contributed by atoms with E-state index in [4.69, 9.17) is 10.4 Å². The fourth-order valence-electron chi connectivity index (χ4n) is 1.55. The van der Waals surface area contributed by atoms with Crippen LogP contribution >= 0.6 is 15.9 Å². The number of carbonyl (C=O) groups is 1. The molecule has 0 atom stereocenters. The van der Waals surface area contributed by atoms with Crippen molar-refractivity contribution in [1.82, 2.24) is 4.98 Å². The number of carboxylic acids is 1. The Bertz CT molecular complexity index is 728. The summed E-state index contributed by atoms with van der Waals surface area (Å²) in [6.45, 7) is 0. The number of carboxylic acid groups (broad SMARTS) is 1. The molecular formula is C13H7BrFN3O2. The second kappa shape index (κ2) is 5.67. The zero-order chi connectivity index (χ0) is 14.7. The molecule has 7 heteroatoms. The summed E-state index contributed by atoms with van der Waals surface area (Å²) in [5, 5.41) is 20.8. The van der Waals surface area contributed by atoms with E-state index in [1.54, 1.807) is 18.2 Å². The van der Waals surface area contributed by atoms with Gasteiger partial charge < -0.3 is 10.4 Å². The van der Waals surface area contributed by atoms with Crippen LogP contribution in [0.2, 0.25) is 0 Å². The normalized spacial score (nSPS) is 9.85. The number of rotatable bonds is 3. The van der Waals surface area contributed by atoms with Crippen LogP contribution in [0, 0.1) is 17.1 Å². The van der Waals surface area contributed by atoms with Crippen LogP contribution in [0.1, 0.15) is 15.9 Å². The summed E-state index contributed by atoms with van der Waals surface area (Å²) in [5.74, 6) is -2.09. The first kappa shape index (κ1) is 14.0. The van der Waals surface area contributed by atoms with Crippen molar-refractivity contribution < 1.29 is 14.3 Å². The van der Waals surface area contributed by atoms with Gasteiger partial charge in [0, 0.05) is 4.47 Å². The highest BCUT2D eigenvalue weighted by atomic mass is 79.9. The van der Waals surface area contributed by atoms with E-state index in [0.717, 1.165) is 12.3 Å². The van der Waals surface area contributed by atoms with Gasteiger partial charge in [-0.25, -0.2) is 14.2 Å². The minimum absolute atomic E-state index is 0.0338. The Morgan fingerprint density at radius 2 is 2.20 bits per heavy atom. The average Bonchev–Trinajstić information content (AvgIpc) is 2.41. The second-order valence-electron chi connectivity index (χ2n) is 3.78. The van der Waals surface area contributed by atoms with E-state index in [0.29, 0.717) is 15.7 Å². The van der Waals surface area contributed by atoms with Crippen molar-refractivity contribution in [2.24, 2.45) is 0 Å². The Labute approximate surface area is 121 Å². The van der Waals surface area contributed by atoms with Crippen LogP contribution in [0.25, 0.3) is 0 Å². The Morgan fingerprint density at radius 1 is 1.45 bits per heavy atom. The van der Waals surface area contributed by atoms with Gasteiger partial charge >= 0.3 is 5.97 Å². The van der Waals surface area contributed by atoms with E-state index in [2.05, 4.69) is 26.2 Å². The Morgan fingerprint density at radius 3 is 2.85 bits per heavy atom. The fourth-order valence-corrected chi connectivity index (χ4v) is 1.91. The number of nitrogens with zero attached hydrogens (tertiary/aromatic N) is 2. The van der Waals surface area contributed by atoms with Crippen LogP contribution in [0.15, 0.2) is 34.9 Å². The fraction of sp³-hybridized carbons (Fsp3) is 0. The summed E-state index contributed by atoms with van der Waals surface area (Å²) in [7, 11) is 0. The number of nitriles is 1. The molecule has 0 aliphatic heterocycles. The first-order chi connectivity index (χ1) is 9.51. The maximum absolute atomic E-state index is 13.0. The van der Waals surface area contributed by atoms with Crippen LogP contribution in [-0.4, -0.2) is 16.1 Å². The lowest BCUT2D eigenvalue weighted by atomic mass is 10.2. The third kappa shape index (κ3) is 2.92. The minimum atomic E-state index is -1.31. The van der Waals surface area contributed by atoms with Gasteiger partial charge in [0.1, 0.15) is 23.3 Å². The van der Waals surface area contributed by atoms with Gasteiger partial charge in [0.15, 0.2) is 0 Å². The second-order valence-corrected chi connectivity index (χ2v) is 4.70. The first-order valence-electron chi connectivity index (χ1n) is 5.37. The predicted molar refractivity (Wildman–Crippen MR) is 73.3 cm³/mol. The van der Waals surface area contributed by atoms with Crippen LogP contribution < -0.4 is 5.32 Å². The lowest BCUT2D eigenvalue weighted by Gasteiger charge is -2.10. The maximum atomic E-state index is 13.0. The van der Waals surface area contributed by atoms with E-state index >= 15 is 0 Å². The average molecular weight is 336 g/mol. The summed E-state index contributed by atoms with van der Waals surface area (Å²) in [4.78, 5) is 14.8. The molecule has 1 aromatic heterocycles. The quantitative estimate of drug-likeness (QED) is 0.898. The summed E-state index contributed by atoms with van der Waals surface area (Å²) >= 11 is 3.25. The number of aromatic carboxylic acids is 1. The van der Waals surface area contributed by atoms with Gasteiger partial charge in [-0.05, 0) is 24.3 Å². The topological polar surface area (TPSA) is 86.0 Å². The van der Waals surface area contributed by atoms with Gasteiger partial charge in [-0.15, -0.1) is 0 Å². The molecule has 0 aliphatic carbocycles. The van der Waals surface area contributed by atoms with E-state index < -0.39 is 11.8 Å². The van der Waals surface area contributed by atoms with Crippen molar-refractivity contribution >= 4 is 33.4 Å². The molecule has 0 fully saturated rings. The van der Waals surface area contributed by atoms with Crippen molar-refractivity contribution in [2.45, 2.75) is 0 Å². The molecule has 0 saturated heterocycles. The van der Waals surface area contributed by atoms with Gasteiger partial charge in [-0.1, -0.05) is 15.9 Å². The van der Waals surface area contributed by atoms with Gasteiger partial charge in [0.05, 0.1) is 17.4 Å². The molecule has 0 aliphatic rings. The molecule has 2 N–H and O–H groups in total. The van der Waals surface area contributed by atoms with Crippen molar-refractivity contribution in [3.05, 3.63) is 51.9 Å². The van der Waals surface area contributed by atoms with E-state index in [1.807, 2.05) is 6.07 Å². The highest BCUT2D eigenvalue weighted by molar-refractivity contribution is 9.10. The number of pyridine rings is 1. The van der Waals surface area contributed by atoms with Gasteiger partial charge in [-0.3, -0.25) is 0 Å². The zero-order valence-electron chi connectivity index (χ0n) is 9.89. The van der Waals surface area contributed by atoms with E-state index in [1.165, 1.54) is 0 Å². The highest BCUT2D eigenvalue weighted by Gasteiger charge is 2.14. The van der Waals surface area contributed by atoms with Crippen LogP contribution in [0.4, 0.5) is 15.9 Å². The molecule has 5 nitrogen and oxygen atoms in total. The summed E-state index contributed by atoms with van der Waals surface area (Å²) in [6.07, 6.45) is 0.902. The molecule has 1 aromatic carbocycles. The van der Waals surface area contributed by atoms with E-state index in [9.17, 15) is 9.18 Å².